The summed E-state index contributed by atoms with van der Waals surface area (Å²) in [6.07, 6.45) is 0. The predicted molar refractivity (Wildman–Crippen MR) is 84.8 cm³/mol. The molecule has 0 unspecified atom stereocenters. The Hall–Kier alpha value is -2.86. The topological polar surface area (TPSA) is 81.9 Å². The lowest BCUT2D eigenvalue weighted by Crippen LogP contribution is -2.41. The highest BCUT2D eigenvalue weighted by Gasteiger charge is 2.16. The number of imide groups is 1. The number of amides is 2. The van der Waals surface area contributed by atoms with Crippen molar-refractivity contribution in [2.75, 3.05) is 7.11 Å². The van der Waals surface area contributed by atoms with Gasteiger partial charge in [0.2, 0.25) is 5.91 Å². The van der Waals surface area contributed by atoms with Crippen molar-refractivity contribution in [2.45, 2.75) is 13.5 Å². The smallest absolute Gasteiger partial charge is 0.274 e. The van der Waals surface area contributed by atoms with Crippen molar-refractivity contribution in [3.05, 3.63) is 59.7 Å². The number of carbonyl (C=O) groups is 2. The molecule has 0 aliphatic carbocycles. The Kier molecular flexibility index (Phi) is 5.32. The van der Waals surface area contributed by atoms with Gasteiger partial charge in [0.05, 0.1) is 7.11 Å². The van der Waals surface area contributed by atoms with Crippen LogP contribution in [-0.4, -0.2) is 23.9 Å². The van der Waals surface area contributed by atoms with Gasteiger partial charge in [0, 0.05) is 12.5 Å². The molecule has 0 aromatic heterocycles. The van der Waals surface area contributed by atoms with E-state index in [1.807, 2.05) is 24.3 Å². The summed E-state index contributed by atoms with van der Waals surface area (Å²) in [6.45, 7) is 1.57. The van der Waals surface area contributed by atoms with E-state index < -0.39 is 11.8 Å². The van der Waals surface area contributed by atoms with Crippen molar-refractivity contribution in [3.63, 3.8) is 0 Å². The second-order valence-corrected chi connectivity index (χ2v) is 4.86. The molecule has 6 nitrogen and oxygen atoms in total. The summed E-state index contributed by atoms with van der Waals surface area (Å²) in [5.41, 5.74) is 1.25. The first-order valence-corrected chi connectivity index (χ1v) is 6.97. The van der Waals surface area contributed by atoms with Crippen LogP contribution in [0.25, 0.3) is 0 Å². The third kappa shape index (κ3) is 4.31. The predicted octanol–water partition coefficient (Wildman–Crippen LogP) is 2.14. The second kappa shape index (κ2) is 7.42. The largest absolute Gasteiger partial charge is 0.497 e. The molecular weight excluding hydrogens is 296 g/mol. The van der Waals surface area contributed by atoms with Crippen LogP contribution < -0.4 is 15.3 Å². The Bertz CT molecular complexity index is 698. The molecule has 0 radical (unpaired) electrons. The van der Waals surface area contributed by atoms with Crippen molar-refractivity contribution in [3.8, 4) is 11.5 Å². The Morgan fingerprint density at radius 3 is 2.39 bits per heavy atom. The van der Waals surface area contributed by atoms with Gasteiger partial charge in [-0.25, -0.2) is 10.9 Å². The lowest BCUT2D eigenvalue weighted by atomic mass is 10.2. The van der Waals surface area contributed by atoms with Crippen molar-refractivity contribution in [1.29, 1.82) is 0 Å². The lowest BCUT2D eigenvalue weighted by molar-refractivity contribution is -0.126. The molecule has 2 aromatic rings. The quantitative estimate of drug-likeness (QED) is 0.519. The summed E-state index contributed by atoms with van der Waals surface area (Å²) in [6, 6.07) is 14.0. The standard InChI is InChI=1S/C17H18N2O4/c1-12(20)19(18)17(21)14-4-3-5-16(10-14)23-11-13-6-8-15(22-2)9-7-13/h3-10H,11,18H2,1-2H3. The highest BCUT2D eigenvalue weighted by Crippen LogP contribution is 2.17. The van der Waals surface area contributed by atoms with Crippen LogP contribution in [0.4, 0.5) is 0 Å². The minimum atomic E-state index is -0.576. The number of hydrazine groups is 1. The summed E-state index contributed by atoms with van der Waals surface area (Å²) in [7, 11) is 1.61. The van der Waals surface area contributed by atoms with E-state index in [9.17, 15) is 9.59 Å². The Morgan fingerprint density at radius 2 is 1.78 bits per heavy atom. The Labute approximate surface area is 134 Å². The number of benzene rings is 2. The highest BCUT2D eigenvalue weighted by atomic mass is 16.5. The van der Waals surface area contributed by atoms with Crippen LogP contribution in [-0.2, 0) is 11.4 Å². The summed E-state index contributed by atoms with van der Waals surface area (Å²) in [4.78, 5) is 23.1. The van der Waals surface area contributed by atoms with Gasteiger partial charge in [-0.2, -0.15) is 0 Å². The number of nitrogens with zero attached hydrogens (tertiary/aromatic N) is 1. The van der Waals surface area contributed by atoms with E-state index in [2.05, 4.69) is 0 Å². The van der Waals surface area contributed by atoms with E-state index in [-0.39, 0.29) is 5.56 Å². The van der Waals surface area contributed by atoms with Gasteiger partial charge in [-0.05, 0) is 35.9 Å². The van der Waals surface area contributed by atoms with Crippen LogP contribution in [0.5, 0.6) is 11.5 Å². The monoisotopic (exact) mass is 314 g/mol. The molecule has 0 aliphatic heterocycles. The van der Waals surface area contributed by atoms with E-state index in [0.717, 1.165) is 11.3 Å². The van der Waals surface area contributed by atoms with Gasteiger partial charge in [0.25, 0.3) is 5.91 Å². The fraction of sp³-hybridized carbons (Fsp3) is 0.176. The molecule has 0 saturated carbocycles. The molecule has 2 aromatic carbocycles. The molecule has 0 heterocycles. The van der Waals surface area contributed by atoms with Crippen LogP contribution in [0.15, 0.2) is 48.5 Å². The molecule has 2 rings (SSSR count). The SMILES string of the molecule is COc1ccc(COc2cccc(C(=O)N(N)C(C)=O)c2)cc1. The first-order chi connectivity index (χ1) is 11.0. The summed E-state index contributed by atoms with van der Waals surface area (Å²) < 4.78 is 10.8. The van der Waals surface area contributed by atoms with Gasteiger partial charge in [0.15, 0.2) is 0 Å². The molecule has 120 valence electrons. The number of rotatable bonds is 5. The molecule has 0 fully saturated rings. The van der Waals surface area contributed by atoms with Gasteiger partial charge in [0.1, 0.15) is 18.1 Å². The average Bonchev–Trinajstić information content (AvgIpc) is 2.59. The number of methoxy groups -OCH3 is 1. The molecule has 2 amide bonds. The van der Waals surface area contributed by atoms with Gasteiger partial charge in [-0.15, -0.1) is 0 Å². The minimum absolute atomic E-state index is 0.287. The van der Waals surface area contributed by atoms with E-state index >= 15 is 0 Å². The van der Waals surface area contributed by atoms with Crippen molar-refractivity contribution < 1.29 is 19.1 Å². The first kappa shape index (κ1) is 16.5. The number of nitrogens with two attached hydrogens (primary N) is 1. The third-order valence-electron chi connectivity index (χ3n) is 3.20. The minimum Gasteiger partial charge on any atom is -0.497 e. The third-order valence-corrected chi connectivity index (χ3v) is 3.20. The molecular formula is C17H18N2O4. The first-order valence-electron chi connectivity index (χ1n) is 6.97. The van der Waals surface area contributed by atoms with E-state index in [1.54, 1.807) is 31.4 Å². The highest BCUT2D eigenvalue weighted by molar-refractivity contribution is 6.03. The summed E-state index contributed by atoms with van der Waals surface area (Å²) >= 11 is 0. The van der Waals surface area contributed by atoms with Crippen LogP contribution in [0, 0.1) is 0 Å². The van der Waals surface area contributed by atoms with Crippen LogP contribution in [0.3, 0.4) is 0 Å². The summed E-state index contributed by atoms with van der Waals surface area (Å²) in [5.74, 6) is 5.60. The molecule has 2 N–H and O–H groups in total. The van der Waals surface area contributed by atoms with Gasteiger partial charge in [-0.1, -0.05) is 18.2 Å². The summed E-state index contributed by atoms with van der Waals surface area (Å²) in [5, 5.41) is 0.572. The zero-order chi connectivity index (χ0) is 16.8. The number of hydrogen-bond donors (Lipinski definition) is 1. The molecule has 0 aliphatic rings. The van der Waals surface area contributed by atoms with Crippen LogP contribution >= 0.6 is 0 Å². The fourth-order valence-corrected chi connectivity index (χ4v) is 1.89. The maximum Gasteiger partial charge on any atom is 0.274 e. The average molecular weight is 314 g/mol. The Balaban J connectivity index is 2.04. The van der Waals surface area contributed by atoms with E-state index in [1.165, 1.54) is 6.92 Å². The Morgan fingerprint density at radius 1 is 1.09 bits per heavy atom. The fourth-order valence-electron chi connectivity index (χ4n) is 1.89. The van der Waals surface area contributed by atoms with Crippen LogP contribution in [0.2, 0.25) is 0 Å². The van der Waals surface area contributed by atoms with E-state index in [0.29, 0.717) is 17.4 Å². The lowest BCUT2D eigenvalue weighted by Gasteiger charge is -2.13. The molecule has 0 atom stereocenters. The van der Waals surface area contributed by atoms with Gasteiger partial charge in [-0.3, -0.25) is 9.59 Å². The van der Waals surface area contributed by atoms with E-state index in [4.69, 9.17) is 15.3 Å². The molecule has 0 bridgehead atoms. The van der Waals surface area contributed by atoms with Crippen molar-refractivity contribution in [2.24, 2.45) is 5.84 Å². The van der Waals surface area contributed by atoms with Crippen molar-refractivity contribution in [1.82, 2.24) is 5.01 Å². The van der Waals surface area contributed by atoms with Gasteiger partial charge >= 0.3 is 0 Å². The van der Waals surface area contributed by atoms with Crippen molar-refractivity contribution >= 4 is 11.8 Å². The zero-order valence-electron chi connectivity index (χ0n) is 13.0. The van der Waals surface area contributed by atoms with Gasteiger partial charge < -0.3 is 9.47 Å². The zero-order valence-corrected chi connectivity index (χ0v) is 13.0. The molecule has 6 heteroatoms. The maximum absolute atomic E-state index is 12.0. The second-order valence-electron chi connectivity index (χ2n) is 4.86. The normalized spacial score (nSPS) is 10.0. The molecule has 23 heavy (non-hydrogen) atoms. The number of ether oxygens (including phenoxy) is 2. The molecule has 0 saturated heterocycles. The van der Waals surface area contributed by atoms with Crippen LogP contribution in [0.1, 0.15) is 22.8 Å². The maximum atomic E-state index is 12.0. The number of carbonyl (C=O) groups excluding carboxylic acids is 2. The molecule has 0 spiro atoms. The number of hydrogen-bond acceptors (Lipinski definition) is 5.